The van der Waals surface area contributed by atoms with Gasteiger partial charge in [0.25, 0.3) is 5.91 Å². The van der Waals surface area contributed by atoms with E-state index in [1.165, 1.54) is 6.08 Å². The summed E-state index contributed by atoms with van der Waals surface area (Å²) < 4.78 is 12.5. The van der Waals surface area contributed by atoms with E-state index in [4.69, 9.17) is 15.3 Å². The summed E-state index contributed by atoms with van der Waals surface area (Å²) in [5.74, 6) is 5.95. The number of carbonyl (C=O) groups excluding carboxylic acids is 1. The van der Waals surface area contributed by atoms with Crippen LogP contribution in [0.1, 0.15) is 18.1 Å². The Bertz CT molecular complexity index is 715. The molecule has 0 aliphatic rings. The second-order valence-electron chi connectivity index (χ2n) is 4.90. The third kappa shape index (κ3) is 5.40. The lowest BCUT2D eigenvalue weighted by Crippen LogP contribution is -2.27. The molecule has 0 heterocycles. The van der Waals surface area contributed by atoms with Crippen molar-refractivity contribution in [2.75, 3.05) is 6.61 Å². The molecule has 0 spiro atoms. The van der Waals surface area contributed by atoms with E-state index in [0.717, 1.165) is 15.6 Å². The number of benzene rings is 2. The summed E-state index contributed by atoms with van der Waals surface area (Å²) in [5, 5.41) is 0. The molecule has 0 saturated carbocycles. The minimum Gasteiger partial charge on any atom is -0.490 e. The van der Waals surface area contributed by atoms with Crippen molar-refractivity contribution in [2.24, 2.45) is 5.84 Å². The Morgan fingerprint density at radius 1 is 1.17 bits per heavy atom. The smallest absolute Gasteiger partial charge is 0.257 e. The topological polar surface area (TPSA) is 73.6 Å². The van der Waals surface area contributed by atoms with Crippen LogP contribution in [0, 0.1) is 0 Å². The lowest BCUT2D eigenvalue weighted by Gasteiger charge is -2.13. The molecular weight excluding hydrogens is 372 g/mol. The second kappa shape index (κ2) is 9.10. The maximum atomic E-state index is 11.2. The van der Waals surface area contributed by atoms with Crippen molar-refractivity contribution in [1.82, 2.24) is 5.43 Å². The molecule has 0 bridgehead atoms. The van der Waals surface area contributed by atoms with Gasteiger partial charge in [0.1, 0.15) is 6.61 Å². The van der Waals surface area contributed by atoms with Gasteiger partial charge in [-0.15, -0.1) is 0 Å². The SMILES string of the molecule is CCOc1cc(/C=C/C(=O)NN)ccc1OCc1ccc(Br)cc1. The van der Waals surface area contributed by atoms with Gasteiger partial charge in [-0.05, 0) is 48.4 Å². The fourth-order valence-corrected chi connectivity index (χ4v) is 2.24. The van der Waals surface area contributed by atoms with Crippen molar-refractivity contribution < 1.29 is 14.3 Å². The highest BCUT2D eigenvalue weighted by atomic mass is 79.9. The van der Waals surface area contributed by atoms with E-state index in [2.05, 4.69) is 15.9 Å². The molecule has 0 atom stereocenters. The number of hydrazine groups is 1. The van der Waals surface area contributed by atoms with Crippen molar-refractivity contribution in [3.8, 4) is 11.5 Å². The molecule has 0 aromatic heterocycles. The van der Waals surface area contributed by atoms with Crippen LogP contribution in [-0.2, 0) is 11.4 Å². The van der Waals surface area contributed by atoms with E-state index in [-0.39, 0.29) is 5.91 Å². The summed E-state index contributed by atoms with van der Waals surface area (Å²) in [6.07, 6.45) is 3.01. The first kappa shape index (κ1) is 18.0. The maximum absolute atomic E-state index is 11.2. The summed E-state index contributed by atoms with van der Waals surface area (Å²) in [6.45, 7) is 2.87. The van der Waals surface area contributed by atoms with Crippen LogP contribution in [0.4, 0.5) is 0 Å². The molecule has 2 aromatic rings. The largest absolute Gasteiger partial charge is 0.490 e. The van der Waals surface area contributed by atoms with Crippen LogP contribution in [0.2, 0.25) is 0 Å². The summed E-state index contributed by atoms with van der Waals surface area (Å²) >= 11 is 3.41. The lowest BCUT2D eigenvalue weighted by atomic mass is 10.2. The Hall–Kier alpha value is -2.31. The first-order valence-electron chi connectivity index (χ1n) is 7.45. The minimum atomic E-state index is -0.372. The van der Waals surface area contributed by atoms with Gasteiger partial charge >= 0.3 is 0 Å². The highest BCUT2D eigenvalue weighted by Crippen LogP contribution is 2.30. The number of hydrogen-bond acceptors (Lipinski definition) is 4. The summed E-state index contributed by atoms with van der Waals surface area (Å²) in [6, 6.07) is 13.4. The van der Waals surface area contributed by atoms with E-state index >= 15 is 0 Å². The Morgan fingerprint density at radius 2 is 1.92 bits per heavy atom. The fourth-order valence-electron chi connectivity index (χ4n) is 1.98. The van der Waals surface area contributed by atoms with Crippen molar-refractivity contribution in [3.63, 3.8) is 0 Å². The van der Waals surface area contributed by atoms with Crippen LogP contribution in [0.15, 0.2) is 53.0 Å². The predicted octanol–water partition coefficient (Wildman–Crippen LogP) is 3.43. The van der Waals surface area contributed by atoms with Gasteiger partial charge in [-0.25, -0.2) is 5.84 Å². The Balaban J connectivity index is 2.12. The van der Waals surface area contributed by atoms with Gasteiger partial charge in [0.15, 0.2) is 11.5 Å². The quantitative estimate of drug-likeness (QED) is 0.328. The Kier molecular flexibility index (Phi) is 6.84. The zero-order valence-electron chi connectivity index (χ0n) is 13.3. The highest BCUT2D eigenvalue weighted by Gasteiger charge is 2.06. The molecule has 0 saturated heterocycles. The standard InChI is InChI=1S/C18H19BrN2O3/c1-2-23-17-11-13(6-10-18(22)21-20)5-9-16(17)24-12-14-3-7-15(19)8-4-14/h3-11H,2,12,20H2,1H3,(H,21,22)/b10-6+. The van der Waals surface area contributed by atoms with E-state index in [9.17, 15) is 4.79 Å². The highest BCUT2D eigenvalue weighted by molar-refractivity contribution is 9.10. The fraction of sp³-hybridized carbons (Fsp3) is 0.167. The number of carbonyl (C=O) groups is 1. The Morgan fingerprint density at radius 3 is 2.58 bits per heavy atom. The molecule has 1 amide bonds. The normalized spacial score (nSPS) is 10.6. The number of nitrogens with one attached hydrogen (secondary N) is 1. The first-order valence-corrected chi connectivity index (χ1v) is 8.24. The van der Waals surface area contributed by atoms with Gasteiger partial charge < -0.3 is 9.47 Å². The number of halogens is 1. The molecule has 0 unspecified atom stereocenters. The molecule has 0 fully saturated rings. The van der Waals surface area contributed by atoms with Crippen molar-refractivity contribution >= 4 is 27.9 Å². The van der Waals surface area contributed by atoms with E-state index in [1.807, 2.05) is 54.8 Å². The molecular formula is C18H19BrN2O3. The predicted molar refractivity (Wildman–Crippen MR) is 97.4 cm³/mol. The molecule has 0 aliphatic heterocycles. The van der Waals surface area contributed by atoms with Gasteiger partial charge in [-0.1, -0.05) is 34.1 Å². The van der Waals surface area contributed by atoms with Gasteiger partial charge in [-0.3, -0.25) is 10.2 Å². The summed E-state index contributed by atoms with van der Waals surface area (Å²) in [5.41, 5.74) is 3.92. The molecule has 3 N–H and O–H groups in total. The molecule has 6 heteroatoms. The van der Waals surface area contributed by atoms with Crippen LogP contribution in [0.5, 0.6) is 11.5 Å². The third-order valence-electron chi connectivity index (χ3n) is 3.14. The molecule has 5 nitrogen and oxygen atoms in total. The molecule has 0 radical (unpaired) electrons. The number of rotatable bonds is 7. The molecule has 2 rings (SSSR count). The van der Waals surface area contributed by atoms with Crippen LogP contribution in [0.3, 0.4) is 0 Å². The van der Waals surface area contributed by atoms with Crippen LogP contribution >= 0.6 is 15.9 Å². The van der Waals surface area contributed by atoms with Gasteiger partial charge in [0.2, 0.25) is 0 Å². The average Bonchev–Trinajstić information content (AvgIpc) is 2.60. The van der Waals surface area contributed by atoms with Crippen molar-refractivity contribution in [1.29, 1.82) is 0 Å². The third-order valence-corrected chi connectivity index (χ3v) is 3.67. The monoisotopic (exact) mass is 390 g/mol. The van der Waals surface area contributed by atoms with E-state index in [0.29, 0.717) is 24.7 Å². The number of nitrogens with two attached hydrogens (primary N) is 1. The van der Waals surface area contributed by atoms with E-state index < -0.39 is 0 Å². The second-order valence-corrected chi connectivity index (χ2v) is 5.81. The Labute approximate surface area is 149 Å². The zero-order chi connectivity index (χ0) is 17.4. The van der Waals surface area contributed by atoms with Crippen LogP contribution in [-0.4, -0.2) is 12.5 Å². The van der Waals surface area contributed by atoms with Gasteiger partial charge in [0, 0.05) is 10.5 Å². The number of amides is 1. The van der Waals surface area contributed by atoms with Gasteiger partial charge in [0.05, 0.1) is 6.61 Å². The van der Waals surface area contributed by atoms with Crippen molar-refractivity contribution in [2.45, 2.75) is 13.5 Å². The average molecular weight is 391 g/mol. The van der Waals surface area contributed by atoms with E-state index in [1.54, 1.807) is 6.08 Å². The number of ether oxygens (including phenoxy) is 2. The summed E-state index contributed by atoms with van der Waals surface area (Å²) in [7, 11) is 0. The number of hydrogen-bond donors (Lipinski definition) is 2. The lowest BCUT2D eigenvalue weighted by molar-refractivity contribution is -0.116. The zero-order valence-corrected chi connectivity index (χ0v) is 14.9. The maximum Gasteiger partial charge on any atom is 0.257 e. The molecule has 24 heavy (non-hydrogen) atoms. The summed E-state index contributed by atoms with van der Waals surface area (Å²) in [4.78, 5) is 11.2. The minimum absolute atomic E-state index is 0.372. The molecule has 2 aromatic carbocycles. The van der Waals surface area contributed by atoms with Crippen molar-refractivity contribution in [3.05, 3.63) is 64.1 Å². The van der Waals surface area contributed by atoms with Crippen LogP contribution < -0.4 is 20.7 Å². The van der Waals surface area contributed by atoms with Crippen LogP contribution in [0.25, 0.3) is 6.08 Å². The molecule has 0 aliphatic carbocycles. The van der Waals surface area contributed by atoms with Gasteiger partial charge in [-0.2, -0.15) is 0 Å². The first-order chi connectivity index (χ1) is 11.6. The molecule has 126 valence electrons.